The minimum absolute atomic E-state index is 0.0621. The van der Waals surface area contributed by atoms with Gasteiger partial charge in [-0.15, -0.1) is 0 Å². The monoisotopic (exact) mass is 254 g/mol. The van der Waals surface area contributed by atoms with Crippen molar-refractivity contribution >= 4 is 5.97 Å². The highest BCUT2D eigenvalue weighted by atomic mass is 16.7. The molecule has 104 valence electrons. The van der Waals surface area contributed by atoms with Gasteiger partial charge in [0.2, 0.25) is 0 Å². The number of ether oxygens (including phenoxy) is 2. The Morgan fingerprint density at radius 1 is 0.944 bits per heavy atom. The van der Waals surface area contributed by atoms with Gasteiger partial charge in [0.05, 0.1) is 0 Å². The summed E-state index contributed by atoms with van der Waals surface area (Å²) in [6.45, 7) is 2.25. The number of rotatable bonds is 10. The van der Waals surface area contributed by atoms with Crippen LogP contribution >= 0.6 is 0 Å². The van der Waals surface area contributed by atoms with Gasteiger partial charge in [0.1, 0.15) is 12.2 Å². The Labute approximate surface area is 110 Å². The van der Waals surface area contributed by atoms with E-state index in [2.05, 4.69) is 6.92 Å². The maximum absolute atomic E-state index is 11.1. The number of hydrogen-bond donors (Lipinski definition) is 0. The average molecular weight is 254 g/mol. The van der Waals surface area contributed by atoms with Gasteiger partial charge in [-0.25, -0.2) is 4.79 Å². The number of esters is 1. The molecule has 18 heavy (non-hydrogen) atoms. The summed E-state index contributed by atoms with van der Waals surface area (Å²) in [7, 11) is 0. The molecule has 0 aromatic rings. The van der Waals surface area contributed by atoms with Crippen molar-refractivity contribution in [1.29, 1.82) is 0 Å². The maximum Gasteiger partial charge on any atom is 0.338 e. The summed E-state index contributed by atoms with van der Waals surface area (Å²) in [5, 5.41) is 0. The van der Waals surface area contributed by atoms with Crippen LogP contribution in [0.5, 0.6) is 0 Å². The first-order valence-corrected chi connectivity index (χ1v) is 7.69. The lowest BCUT2D eigenvalue weighted by Gasteiger charge is -2.10. The summed E-state index contributed by atoms with van der Waals surface area (Å²) < 4.78 is 10.5. The van der Waals surface area contributed by atoms with Crippen LogP contribution in [-0.2, 0) is 14.3 Å². The molecule has 2 saturated heterocycles. The third-order valence-corrected chi connectivity index (χ3v) is 3.98. The van der Waals surface area contributed by atoms with Crippen LogP contribution in [0.15, 0.2) is 0 Å². The molecule has 0 amide bonds. The Morgan fingerprint density at radius 3 is 2.06 bits per heavy atom. The zero-order valence-corrected chi connectivity index (χ0v) is 11.5. The standard InChI is InChI=1S/C15H26O3/c1-2-3-4-5-6-7-8-9-10-11-12-13-14(18-13)15(16)17-12/h12-14H,2-11H2,1H3/t12-,13+,14+/m0/s1. The van der Waals surface area contributed by atoms with Gasteiger partial charge in [-0.2, -0.15) is 0 Å². The normalized spacial score (nSPS) is 29.2. The second kappa shape index (κ2) is 7.13. The number of hydrogen-bond acceptors (Lipinski definition) is 3. The van der Waals surface area contributed by atoms with E-state index in [4.69, 9.17) is 9.47 Å². The summed E-state index contributed by atoms with van der Waals surface area (Å²) in [5.41, 5.74) is 0. The highest BCUT2D eigenvalue weighted by molar-refractivity contribution is 5.81. The van der Waals surface area contributed by atoms with Crippen LogP contribution in [0.25, 0.3) is 0 Å². The van der Waals surface area contributed by atoms with Gasteiger partial charge in [0, 0.05) is 0 Å². The molecule has 2 heterocycles. The highest BCUT2D eigenvalue weighted by Gasteiger charge is 2.58. The predicted octanol–water partition coefficient (Wildman–Crippen LogP) is 3.60. The first-order chi connectivity index (χ1) is 8.83. The Balaban J connectivity index is 1.37. The molecule has 0 aromatic heterocycles. The van der Waals surface area contributed by atoms with Crippen molar-refractivity contribution < 1.29 is 14.3 Å². The van der Waals surface area contributed by atoms with Gasteiger partial charge < -0.3 is 9.47 Å². The lowest BCUT2D eigenvalue weighted by Crippen LogP contribution is -2.15. The fourth-order valence-electron chi connectivity index (χ4n) is 2.76. The second-order valence-electron chi connectivity index (χ2n) is 5.61. The molecular weight excluding hydrogens is 228 g/mol. The van der Waals surface area contributed by atoms with E-state index in [9.17, 15) is 4.79 Å². The largest absolute Gasteiger partial charge is 0.457 e. The van der Waals surface area contributed by atoms with E-state index >= 15 is 0 Å². The number of unbranched alkanes of at least 4 members (excludes halogenated alkanes) is 8. The molecule has 0 bridgehead atoms. The van der Waals surface area contributed by atoms with E-state index < -0.39 is 0 Å². The first kappa shape index (κ1) is 13.9. The third kappa shape index (κ3) is 3.98. The molecule has 2 aliphatic rings. The fourth-order valence-corrected chi connectivity index (χ4v) is 2.76. The average Bonchev–Trinajstić information content (AvgIpc) is 3.10. The topological polar surface area (TPSA) is 38.8 Å². The number of carbonyl (C=O) groups is 1. The zero-order chi connectivity index (χ0) is 12.8. The van der Waals surface area contributed by atoms with Crippen LogP contribution in [-0.4, -0.2) is 24.3 Å². The van der Waals surface area contributed by atoms with Crippen LogP contribution in [0.2, 0.25) is 0 Å². The molecule has 0 aromatic carbocycles. The molecule has 3 heteroatoms. The van der Waals surface area contributed by atoms with E-state index in [0.717, 1.165) is 6.42 Å². The van der Waals surface area contributed by atoms with Crippen molar-refractivity contribution in [2.45, 2.75) is 89.4 Å². The SMILES string of the molecule is CCCCCCCCCCC[C@@H]1OC(=O)[C@@H]2O[C@H]12. The van der Waals surface area contributed by atoms with Crippen molar-refractivity contribution in [3.63, 3.8) is 0 Å². The Kier molecular flexibility index (Phi) is 5.48. The molecule has 0 unspecified atom stereocenters. The number of fused-ring (bicyclic) bond motifs is 1. The Hall–Kier alpha value is -0.570. The van der Waals surface area contributed by atoms with E-state index in [1.54, 1.807) is 0 Å². The summed E-state index contributed by atoms with van der Waals surface area (Å²) in [6, 6.07) is 0. The van der Waals surface area contributed by atoms with Crippen molar-refractivity contribution in [3.05, 3.63) is 0 Å². The van der Waals surface area contributed by atoms with Gasteiger partial charge in [0.25, 0.3) is 0 Å². The molecule has 0 saturated carbocycles. The van der Waals surface area contributed by atoms with E-state index in [1.807, 2.05) is 0 Å². The maximum atomic E-state index is 11.1. The summed E-state index contributed by atoms with van der Waals surface area (Å²) in [4.78, 5) is 11.1. The number of carbonyl (C=O) groups excluding carboxylic acids is 1. The van der Waals surface area contributed by atoms with Crippen molar-refractivity contribution in [2.24, 2.45) is 0 Å². The van der Waals surface area contributed by atoms with E-state index in [0.29, 0.717) is 0 Å². The van der Waals surface area contributed by atoms with Gasteiger partial charge in [0.15, 0.2) is 6.10 Å². The summed E-state index contributed by atoms with van der Waals surface area (Å²) in [5.74, 6) is -0.138. The van der Waals surface area contributed by atoms with Crippen molar-refractivity contribution in [3.8, 4) is 0 Å². The second-order valence-corrected chi connectivity index (χ2v) is 5.61. The van der Waals surface area contributed by atoms with Crippen molar-refractivity contribution in [1.82, 2.24) is 0 Å². The molecule has 0 N–H and O–H groups in total. The predicted molar refractivity (Wildman–Crippen MR) is 70.4 cm³/mol. The van der Waals surface area contributed by atoms with Crippen molar-refractivity contribution in [2.75, 3.05) is 0 Å². The quantitative estimate of drug-likeness (QED) is 0.340. The van der Waals surface area contributed by atoms with Crippen LogP contribution in [0, 0.1) is 0 Å². The molecule has 3 nitrogen and oxygen atoms in total. The third-order valence-electron chi connectivity index (χ3n) is 3.98. The Morgan fingerprint density at radius 2 is 1.56 bits per heavy atom. The minimum Gasteiger partial charge on any atom is -0.457 e. The van der Waals surface area contributed by atoms with Gasteiger partial charge in [-0.1, -0.05) is 58.3 Å². The lowest BCUT2D eigenvalue weighted by atomic mass is 10.0. The summed E-state index contributed by atoms with van der Waals surface area (Å²) >= 11 is 0. The van der Waals surface area contributed by atoms with Crippen LogP contribution in [0.4, 0.5) is 0 Å². The molecule has 2 aliphatic heterocycles. The van der Waals surface area contributed by atoms with Crippen LogP contribution < -0.4 is 0 Å². The zero-order valence-electron chi connectivity index (χ0n) is 11.5. The molecular formula is C15H26O3. The Bertz CT molecular complexity index is 264. The van der Waals surface area contributed by atoms with Crippen LogP contribution in [0.1, 0.15) is 71.1 Å². The molecule has 0 aliphatic carbocycles. The number of cyclic esters (lactones) is 1. The number of epoxide rings is 1. The molecule has 3 atom stereocenters. The van der Waals surface area contributed by atoms with E-state index in [-0.39, 0.29) is 24.3 Å². The molecule has 2 rings (SSSR count). The minimum atomic E-state index is -0.200. The van der Waals surface area contributed by atoms with Crippen LogP contribution in [0.3, 0.4) is 0 Å². The molecule has 0 spiro atoms. The van der Waals surface area contributed by atoms with E-state index in [1.165, 1.54) is 57.8 Å². The van der Waals surface area contributed by atoms with Gasteiger partial charge in [-0.3, -0.25) is 0 Å². The molecule has 2 fully saturated rings. The van der Waals surface area contributed by atoms with Gasteiger partial charge >= 0.3 is 5.97 Å². The molecule has 0 radical (unpaired) electrons. The first-order valence-electron chi connectivity index (χ1n) is 7.69. The highest BCUT2D eigenvalue weighted by Crippen LogP contribution is 2.37. The smallest absolute Gasteiger partial charge is 0.338 e. The lowest BCUT2D eigenvalue weighted by molar-refractivity contribution is -0.149. The summed E-state index contributed by atoms with van der Waals surface area (Å²) in [6.07, 6.45) is 12.9. The van der Waals surface area contributed by atoms with Gasteiger partial charge in [-0.05, 0) is 12.8 Å². The fraction of sp³-hybridized carbons (Fsp3) is 0.933.